The van der Waals surface area contributed by atoms with E-state index >= 15 is 0 Å². The summed E-state index contributed by atoms with van der Waals surface area (Å²) in [7, 11) is 0. The predicted octanol–water partition coefficient (Wildman–Crippen LogP) is 2.20. The van der Waals surface area contributed by atoms with Gasteiger partial charge in [-0.05, 0) is 38.1 Å². The average Bonchev–Trinajstić information content (AvgIpc) is 3.07. The second-order valence-electron chi connectivity index (χ2n) is 5.46. The van der Waals surface area contributed by atoms with Crippen LogP contribution in [0.3, 0.4) is 0 Å². The van der Waals surface area contributed by atoms with Gasteiger partial charge in [-0.25, -0.2) is 4.98 Å². The van der Waals surface area contributed by atoms with Crippen molar-refractivity contribution >= 4 is 16.3 Å². The van der Waals surface area contributed by atoms with E-state index in [1.165, 1.54) is 25.0 Å². The van der Waals surface area contributed by atoms with Crippen LogP contribution in [-0.2, 0) is 6.54 Å². The fourth-order valence-electron chi connectivity index (χ4n) is 3.15. The Bertz CT molecular complexity index is 548. The van der Waals surface area contributed by atoms with Gasteiger partial charge >= 0.3 is 0 Å². The van der Waals surface area contributed by atoms with Gasteiger partial charge in [-0.1, -0.05) is 6.42 Å². The molecule has 0 amide bonds. The summed E-state index contributed by atoms with van der Waals surface area (Å²) in [5.41, 5.74) is 2.37. The lowest BCUT2D eigenvalue weighted by atomic mass is 9.97. The molecule has 0 spiro atoms. The van der Waals surface area contributed by atoms with Crippen LogP contribution in [0.1, 0.15) is 30.7 Å². The molecule has 2 aromatic heterocycles. The Morgan fingerprint density at radius 2 is 2.32 bits per heavy atom. The first-order chi connectivity index (χ1) is 9.29. The van der Waals surface area contributed by atoms with E-state index in [2.05, 4.69) is 33.2 Å². The number of aliphatic hydroxyl groups is 1. The standard InChI is InChI=1S/C14H21N3OS/c1-10-13(17-5-6-19-14(17)16-10)8-15-7-11-3-2-4-12(11)9-18/h5-6,11-12,15,18H,2-4,7-9H2,1H3. The molecule has 4 nitrogen and oxygen atoms in total. The van der Waals surface area contributed by atoms with E-state index in [0.717, 1.165) is 23.7 Å². The van der Waals surface area contributed by atoms with Crippen LogP contribution in [-0.4, -0.2) is 27.6 Å². The molecule has 1 saturated carbocycles. The van der Waals surface area contributed by atoms with Crippen LogP contribution >= 0.6 is 11.3 Å². The number of nitrogens with zero attached hydrogens (tertiary/aromatic N) is 2. The topological polar surface area (TPSA) is 49.6 Å². The van der Waals surface area contributed by atoms with Crippen LogP contribution in [0, 0.1) is 18.8 Å². The lowest BCUT2D eigenvalue weighted by molar-refractivity contribution is 0.192. The molecule has 0 bridgehead atoms. The highest BCUT2D eigenvalue weighted by Crippen LogP contribution is 2.30. The first-order valence-corrected chi connectivity index (χ1v) is 7.90. The summed E-state index contributed by atoms with van der Waals surface area (Å²) < 4.78 is 2.17. The van der Waals surface area contributed by atoms with Crippen molar-refractivity contribution in [1.29, 1.82) is 0 Å². The molecule has 2 aromatic rings. The van der Waals surface area contributed by atoms with Crippen molar-refractivity contribution < 1.29 is 5.11 Å². The highest BCUT2D eigenvalue weighted by molar-refractivity contribution is 7.15. The predicted molar refractivity (Wildman–Crippen MR) is 77.4 cm³/mol. The molecule has 0 radical (unpaired) electrons. The molecule has 5 heteroatoms. The summed E-state index contributed by atoms with van der Waals surface area (Å²) in [6.45, 7) is 4.27. The van der Waals surface area contributed by atoms with E-state index in [9.17, 15) is 5.11 Å². The molecule has 2 N–H and O–H groups in total. The van der Waals surface area contributed by atoms with Gasteiger partial charge in [0.2, 0.25) is 0 Å². The van der Waals surface area contributed by atoms with Crippen LogP contribution in [0.5, 0.6) is 0 Å². The zero-order chi connectivity index (χ0) is 13.2. The van der Waals surface area contributed by atoms with Gasteiger partial charge in [-0.2, -0.15) is 0 Å². The van der Waals surface area contributed by atoms with Crippen molar-refractivity contribution in [2.75, 3.05) is 13.2 Å². The number of imidazole rings is 1. The Balaban J connectivity index is 1.60. The number of hydrogen-bond acceptors (Lipinski definition) is 4. The van der Waals surface area contributed by atoms with E-state index < -0.39 is 0 Å². The van der Waals surface area contributed by atoms with E-state index in [1.807, 2.05) is 0 Å². The minimum atomic E-state index is 0.340. The maximum atomic E-state index is 9.34. The van der Waals surface area contributed by atoms with Crippen LogP contribution < -0.4 is 5.32 Å². The van der Waals surface area contributed by atoms with Crippen LogP contribution in [0.15, 0.2) is 11.6 Å². The quantitative estimate of drug-likeness (QED) is 0.882. The van der Waals surface area contributed by atoms with Gasteiger partial charge in [0.05, 0.1) is 11.4 Å². The Labute approximate surface area is 117 Å². The number of aryl methyl sites for hydroxylation is 1. The fourth-order valence-corrected chi connectivity index (χ4v) is 3.93. The maximum Gasteiger partial charge on any atom is 0.194 e. The van der Waals surface area contributed by atoms with Gasteiger partial charge in [-0.15, -0.1) is 11.3 Å². The minimum absolute atomic E-state index is 0.340. The number of rotatable bonds is 5. The highest BCUT2D eigenvalue weighted by atomic mass is 32.1. The number of nitrogens with one attached hydrogen (secondary N) is 1. The minimum Gasteiger partial charge on any atom is -0.396 e. The zero-order valence-electron chi connectivity index (χ0n) is 11.3. The summed E-state index contributed by atoms with van der Waals surface area (Å²) in [5.74, 6) is 1.14. The second-order valence-corrected chi connectivity index (χ2v) is 6.34. The van der Waals surface area contributed by atoms with E-state index in [4.69, 9.17) is 0 Å². The average molecular weight is 279 g/mol. The normalized spacial score (nSPS) is 23.5. The Morgan fingerprint density at radius 3 is 3.16 bits per heavy atom. The molecule has 2 heterocycles. The number of thiazole rings is 1. The lowest BCUT2D eigenvalue weighted by Gasteiger charge is -2.17. The Hall–Kier alpha value is -0.910. The second kappa shape index (κ2) is 5.61. The van der Waals surface area contributed by atoms with Gasteiger partial charge in [-0.3, -0.25) is 4.40 Å². The number of aromatic nitrogens is 2. The molecule has 1 fully saturated rings. The molecule has 1 aliphatic carbocycles. The lowest BCUT2D eigenvalue weighted by Crippen LogP contribution is -2.27. The third-order valence-corrected chi connectivity index (χ3v) is 5.07. The molecular formula is C14H21N3OS. The van der Waals surface area contributed by atoms with Crippen LogP contribution in [0.2, 0.25) is 0 Å². The largest absolute Gasteiger partial charge is 0.396 e. The van der Waals surface area contributed by atoms with E-state index in [1.54, 1.807) is 11.3 Å². The zero-order valence-corrected chi connectivity index (χ0v) is 12.1. The van der Waals surface area contributed by atoms with E-state index in [0.29, 0.717) is 18.4 Å². The van der Waals surface area contributed by atoms with Gasteiger partial charge in [0.1, 0.15) is 0 Å². The van der Waals surface area contributed by atoms with Crippen molar-refractivity contribution in [2.45, 2.75) is 32.7 Å². The number of hydrogen-bond donors (Lipinski definition) is 2. The Morgan fingerprint density at radius 1 is 1.47 bits per heavy atom. The smallest absolute Gasteiger partial charge is 0.194 e. The third-order valence-electron chi connectivity index (χ3n) is 4.31. The van der Waals surface area contributed by atoms with Crippen molar-refractivity contribution in [1.82, 2.24) is 14.7 Å². The van der Waals surface area contributed by atoms with Crippen molar-refractivity contribution in [2.24, 2.45) is 11.8 Å². The molecule has 1 aliphatic rings. The van der Waals surface area contributed by atoms with Crippen molar-refractivity contribution in [3.63, 3.8) is 0 Å². The maximum absolute atomic E-state index is 9.34. The van der Waals surface area contributed by atoms with Gasteiger partial charge in [0.15, 0.2) is 4.96 Å². The Kier molecular flexibility index (Phi) is 3.86. The summed E-state index contributed by atoms with van der Waals surface area (Å²) in [6, 6.07) is 0. The highest BCUT2D eigenvalue weighted by Gasteiger charge is 2.26. The molecule has 0 aliphatic heterocycles. The van der Waals surface area contributed by atoms with Gasteiger partial charge in [0.25, 0.3) is 0 Å². The molecule has 0 saturated heterocycles. The SMILES string of the molecule is Cc1nc2sccn2c1CNCC1CCCC1CO. The van der Waals surface area contributed by atoms with Gasteiger partial charge in [0, 0.05) is 24.7 Å². The van der Waals surface area contributed by atoms with Crippen molar-refractivity contribution in [3.05, 3.63) is 23.0 Å². The molecular weight excluding hydrogens is 258 g/mol. The van der Waals surface area contributed by atoms with Gasteiger partial charge < -0.3 is 10.4 Å². The fraction of sp³-hybridized carbons (Fsp3) is 0.643. The van der Waals surface area contributed by atoms with Crippen LogP contribution in [0.25, 0.3) is 4.96 Å². The first kappa shape index (κ1) is 13.1. The summed E-state index contributed by atoms with van der Waals surface area (Å²) in [5, 5.41) is 15.0. The molecule has 19 heavy (non-hydrogen) atoms. The summed E-state index contributed by atoms with van der Waals surface area (Å²) in [4.78, 5) is 5.63. The number of aliphatic hydroxyl groups excluding tert-OH is 1. The number of fused-ring (bicyclic) bond motifs is 1. The van der Waals surface area contributed by atoms with Crippen LogP contribution in [0.4, 0.5) is 0 Å². The molecule has 3 rings (SSSR count). The first-order valence-electron chi connectivity index (χ1n) is 7.02. The van der Waals surface area contributed by atoms with E-state index in [-0.39, 0.29) is 0 Å². The summed E-state index contributed by atoms with van der Waals surface area (Å²) in [6.07, 6.45) is 5.78. The molecule has 0 aromatic carbocycles. The monoisotopic (exact) mass is 279 g/mol. The molecule has 2 unspecified atom stereocenters. The third kappa shape index (κ3) is 2.55. The molecule has 2 atom stereocenters. The summed E-state index contributed by atoms with van der Waals surface area (Å²) >= 11 is 1.68. The van der Waals surface area contributed by atoms with Crippen molar-refractivity contribution in [3.8, 4) is 0 Å². The molecule has 104 valence electrons.